The van der Waals surface area contributed by atoms with Gasteiger partial charge in [0.25, 0.3) is 0 Å². The SMILES string of the molecule is Cn1c(-c2ccccc2O)nc2c(-c3cc(-c4nccc5ccccc45)cc4ccccc34)cccc21. The Morgan fingerprint density at radius 1 is 0.649 bits per heavy atom. The van der Waals surface area contributed by atoms with Crippen LogP contribution in [0, 0.1) is 0 Å². The number of pyridine rings is 1. The van der Waals surface area contributed by atoms with E-state index in [9.17, 15) is 5.11 Å². The first-order valence-corrected chi connectivity index (χ1v) is 12.3. The highest BCUT2D eigenvalue weighted by Crippen LogP contribution is 2.39. The van der Waals surface area contributed by atoms with Crippen molar-refractivity contribution in [2.45, 2.75) is 0 Å². The van der Waals surface area contributed by atoms with Gasteiger partial charge in [-0.3, -0.25) is 4.98 Å². The van der Waals surface area contributed by atoms with Crippen LogP contribution in [0.5, 0.6) is 5.75 Å². The summed E-state index contributed by atoms with van der Waals surface area (Å²) in [5.74, 6) is 0.952. The lowest BCUT2D eigenvalue weighted by Gasteiger charge is -2.13. The maximum Gasteiger partial charge on any atom is 0.144 e. The average molecular weight is 478 g/mol. The predicted octanol–water partition coefficient (Wildman–Crippen LogP) is 7.98. The van der Waals surface area contributed by atoms with Gasteiger partial charge in [0.2, 0.25) is 0 Å². The van der Waals surface area contributed by atoms with E-state index in [1.807, 2.05) is 36.0 Å². The third-order valence-electron chi connectivity index (χ3n) is 7.16. The van der Waals surface area contributed by atoms with Gasteiger partial charge in [-0.2, -0.15) is 0 Å². The molecule has 0 bridgehead atoms. The highest BCUT2D eigenvalue weighted by atomic mass is 16.3. The van der Waals surface area contributed by atoms with Crippen LogP contribution >= 0.6 is 0 Å². The van der Waals surface area contributed by atoms with E-state index in [0.29, 0.717) is 5.56 Å². The summed E-state index contributed by atoms with van der Waals surface area (Å²) in [6.45, 7) is 0. The van der Waals surface area contributed by atoms with E-state index in [1.54, 1.807) is 6.07 Å². The largest absolute Gasteiger partial charge is 0.507 e. The molecule has 1 N–H and O–H groups in total. The van der Waals surface area contributed by atoms with Crippen molar-refractivity contribution in [2.75, 3.05) is 0 Å². The molecule has 7 aromatic rings. The summed E-state index contributed by atoms with van der Waals surface area (Å²) in [6, 6.07) is 37.0. The number of aromatic hydroxyl groups is 1. The summed E-state index contributed by atoms with van der Waals surface area (Å²) in [7, 11) is 2.00. The second-order valence-electron chi connectivity index (χ2n) is 9.31. The first-order chi connectivity index (χ1) is 18.2. The summed E-state index contributed by atoms with van der Waals surface area (Å²) < 4.78 is 2.05. The highest BCUT2D eigenvalue weighted by Gasteiger charge is 2.18. The zero-order valence-corrected chi connectivity index (χ0v) is 20.3. The standard InChI is InChI=1S/C33H23N3O/c1-36-29-15-8-14-26(32(29)35-33(36)27-13-6-7-16-30(27)37)28-20-23(19-22-10-3-4-11-24(22)28)31-25-12-5-2-9-21(25)17-18-34-31/h2-20,37H,1H3. The fourth-order valence-electron chi connectivity index (χ4n) is 5.36. The van der Waals surface area contributed by atoms with Crippen LogP contribution in [0.4, 0.5) is 0 Å². The fourth-order valence-corrected chi connectivity index (χ4v) is 5.36. The van der Waals surface area contributed by atoms with E-state index in [1.165, 1.54) is 5.39 Å². The number of hydrogen-bond acceptors (Lipinski definition) is 3. The summed E-state index contributed by atoms with van der Waals surface area (Å²) >= 11 is 0. The molecule has 0 unspecified atom stereocenters. The third kappa shape index (κ3) is 3.38. The summed E-state index contributed by atoms with van der Waals surface area (Å²) in [4.78, 5) is 9.87. The van der Waals surface area contributed by atoms with Gasteiger partial charge in [0, 0.05) is 29.8 Å². The van der Waals surface area contributed by atoms with Gasteiger partial charge in [-0.1, -0.05) is 72.8 Å². The van der Waals surface area contributed by atoms with Crippen LogP contribution in [0.3, 0.4) is 0 Å². The molecule has 0 aliphatic rings. The molecule has 0 radical (unpaired) electrons. The first kappa shape index (κ1) is 21.3. The number of phenolic OH excluding ortho intramolecular Hbond substituents is 1. The molecule has 0 saturated carbocycles. The van der Waals surface area contributed by atoms with Crippen molar-refractivity contribution in [3.63, 3.8) is 0 Å². The predicted molar refractivity (Wildman–Crippen MR) is 151 cm³/mol. The van der Waals surface area contributed by atoms with Crippen molar-refractivity contribution in [2.24, 2.45) is 7.05 Å². The fraction of sp³-hybridized carbons (Fsp3) is 0.0303. The van der Waals surface area contributed by atoms with Crippen LogP contribution in [0.1, 0.15) is 0 Å². The molecule has 4 heteroatoms. The lowest BCUT2D eigenvalue weighted by molar-refractivity contribution is 0.476. The van der Waals surface area contributed by atoms with Gasteiger partial charge in [0.1, 0.15) is 11.6 Å². The maximum atomic E-state index is 10.5. The molecule has 2 heterocycles. The average Bonchev–Trinajstić information content (AvgIpc) is 3.28. The molecule has 0 spiro atoms. The molecule has 5 aromatic carbocycles. The van der Waals surface area contributed by atoms with Crippen LogP contribution in [-0.4, -0.2) is 19.6 Å². The van der Waals surface area contributed by atoms with Crippen LogP contribution in [0.2, 0.25) is 0 Å². The second kappa shape index (κ2) is 8.32. The summed E-state index contributed by atoms with van der Waals surface area (Å²) in [6.07, 6.45) is 1.88. The number of nitrogens with zero attached hydrogens (tertiary/aromatic N) is 3. The Morgan fingerprint density at radius 2 is 1.38 bits per heavy atom. The maximum absolute atomic E-state index is 10.5. The number of hydrogen-bond donors (Lipinski definition) is 1. The number of aryl methyl sites for hydroxylation is 1. The number of fused-ring (bicyclic) bond motifs is 3. The van der Waals surface area contributed by atoms with Crippen molar-refractivity contribution in [3.05, 3.63) is 115 Å². The van der Waals surface area contributed by atoms with E-state index >= 15 is 0 Å². The van der Waals surface area contributed by atoms with Crippen molar-refractivity contribution >= 4 is 32.6 Å². The zero-order chi connectivity index (χ0) is 24.9. The number of phenols is 1. The van der Waals surface area contributed by atoms with Crippen LogP contribution in [0.25, 0.3) is 66.4 Å². The number of para-hydroxylation sites is 2. The first-order valence-electron chi connectivity index (χ1n) is 12.3. The quantitative estimate of drug-likeness (QED) is 0.281. The van der Waals surface area contributed by atoms with Gasteiger partial charge < -0.3 is 9.67 Å². The molecular formula is C33H23N3O. The van der Waals surface area contributed by atoms with Gasteiger partial charge in [-0.15, -0.1) is 0 Å². The molecule has 0 saturated heterocycles. The molecule has 0 amide bonds. The number of aromatic nitrogens is 3. The Hall–Kier alpha value is -4.96. The van der Waals surface area contributed by atoms with E-state index < -0.39 is 0 Å². The second-order valence-corrected chi connectivity index (χ2v) is 9.31. The Morgan fingerprint density at radius 3 is 2.24 bits per heavy atom. The van der Waals surface area contributed by atoms with Crippen LogP contribution in [0.15, 0.2) is 115 Å². The van der Waals surface area contributed by atoms with Gasteiger partial charge in [-0.05, 0) is 58.1 Å². The van der Waals surface area contributed by atoms with E-state index in [4.69, 9.17) is 9.97 Å². The van der Waals surface area contributed by atoms with Gasteiger partial charge in [-0.25, -0.2) is 4.98 Å². The van der Waals surface area contributed by atoms with E-state index in [0.717, 1.165) is 55.4 Å². The molecule has 0 atom stereocenters. The van der Waals surface area contributed by atoms with Gasteiger partial charge in [0.05, 0.1) is 22.3 Å². The minimum atomic E-state index is 0.219. The summed E-state index contributed by atoms with van der Waals surface area (Å²) in [5, 5.41) is 15.1. The topological polar surface area (TPSA) is 50.9 Å². The molecule has 176 valence electrons. The van der Waals surface area contributed by atoms with Crippen LogP contribution < -0.4 is 0 Å². The Balaban J connectivity index is 1.53. The molecule has 0 fully saturated rings. The van der Waals surface area contributed by atoms with Crippen molar-refractivity contribution in [1.29, 1.82) is 0 Å². The van der Waals surface area contributed by atoms with Crippen LogP contribution in [-0.2, 0) is 7.05 Å². The Bertz CT molecular complexity index is 1960. The van der Waals surface area contributed by atoms with Crippen molar-refractivity contribution < 1.29 is 5.11 Å². The molecule has 0 aliphatic heterocycles. The van der Waals surface area contributed by atoms with Gasteiger partial charge >= 0.3 is 0 Å². The molecule has 7 rings (SSSR count). The monoisotopic (exact) mass is 477 g/mol. The molecule has 4 nitrogen and oxygen atoms in total. The lowest BCUT2D eigenvalue weighted by Crippen LogP contribution is -1.92. The number of imidazole rings is 1. The highest BCUT2D eigenvalue weighted by molar-refractivity contribution is 6.07. The third-order valence-corrected chi connectivity index (χ3v) is 7.16. The molecule has 0 aliphatic carbocycles. The minimum Gasteiger partial charge on any atom is -0.507 e. The van der Waals surface area contributed by atoms with E-state index in [2.05, 4.69) is 84.9 Å². The lowest BCUT2D eigenvalue weighted by atomic mass is 9.92. The number of benzene rings is 5. The zero-order valence-electron chi connectivity index (χ0n) is 20.3. The smallest absolute Gasteiger partial charge is 0.144 e. The molecule has 37 heavy (non-hydrogen) atoms. The number of rotatable bonds is 3. The van der Waals surface area contributed by atoms with E-state index in [-0.39, 0.29) is 5.75 Å². The Labute approximate surface area is 214 Å². The summed E-state index contributed by atoms with van der Waals surface area (Å²) in [5.41, 5.74) is 6.81. The molecular weight excluding hydrogens is 454 g/mol. The molecule has 2 aromatic heterocycles. The van der Waals surface area contributed by atoms with Crippen molar-refractivity contribution in [3.8, 4) is 39.5 Å². The van der Waals surface area contributed by atoms with Crippen molar-refractivity contribution in [1.82, 2.24) is 14.5 Å². The normalized spacial score (nSPS) is 11.5. The van der Waals surface area contributed by atoms with Gasteiger partial charge in [0.15, 0.2) is 0 Å². The minimum absolute atomic E-state index is 0.219. The Kier molecular flexibility index (Phi) is 4.79.